The lowest BCUT2D eigenvalue weighted by atomic mass is 10.0. The summed E-state index contributed by atoms with van der Waals surface area (Å²) in [5, 5.41) is 19.0. The number of unbranched alkanes of at least 4 members (excludes halogenated alkanes) is 1. The fourth-order valence-electron chi connectivity index (χ4n) is 1.39. The summed E-state index contributed by atoms with van der Waals surface area (Å²) in [6.07, 6.45) is 5.56. The first-order valence-electron chi connectivity index (χ1n) is 4.72. The van der Waals surface area contributed by atoms with Crippen molar-refractivity contribution in [2.24, 2.45) is 5.92 Å². The Balaban J connectivity index is 2.08. The highest BCUT2D eigenvalue weighted by Crippen LogP contribution is 2.34. The van der Waals surface area contributed by atoms with E-state index in [2.05, 4.69) is 6.58 Å². The maximum atomic E-state index is 9.48. The van der Waals surface area contributed by atoms with Crippen LogP contribution in [0.2, 0.25) is 0 Å². The molecule has 0 aliphatic heterocycles. The van der Waals surface area contributed by atoms with Crippen molar-refractivity contribution in [2.45, 2.75) is 44.3 Å². The third-order valence-corrected chi connectivity index (χ3v) is 2.41. The van der Waals surface area contributed by atoms with Gasteiger partial charge in [-0.1, -0.05) is 6.08 Å². The summed E-state index contributed by atoms with van der Waals surface area (Å²) in [6, 6.07) is 0. The summed E-state index contributed by atoms with van der Waals surface area (Å²) in [4.78, 5) is 0. The predicted molar refractivity (Wildman–Crippen MR) is 48.8 cm³/mol. The van der Waals surface area contributed by atoms with Crippen molar-refractivity contribution >= 4 is 0 Å². The Morgan fingerprint density at radius 3 is 2.58 bits per heavy atom. The van der Waals surface area contributed by atoms with Crippen LogP contribution < -0.4 is 0 Å². The van der Waals surface area contributed by atoms with Crippen molar-refractivity contribution in [3.05, 3.63) is 12.7 Å². The van der Waals surface area contributed by atoms with Gasteiger partial charge in [-0.15, -0.1) is 6.58 Å². The first kappa shape index (κ1) is 9.75. The average molecular weight is 170 g/mol. The van der Waals surface area contributed by atoms with Crippen LogP contribution in [-0.2, 0) is 0 Å². The van der Waals surface area contributed by atoms with E-state index in [0.717, 1.165) is 25.7 Å². The van der Waals surface area contributed by atoms with E-state index in [-0.39, 0.29) is 0 Å². The summed E-state index contributed by atoms with van der Waals surface area (Å²) in [5.74, 6) is 0.378. The lowest BCUT2D eigenvalue weighted by Gasteiger charge is -2.16. The second kappa shape index (κ2) is 4.63. The van der Waals surface area contributed by atoms with Crippen molar-refractivity contribution in [3.63, 3.8) is 0 Å². The Labute approximate surface area is 73.9 Å². The van der Waals surface area contributed by atoms with Gasteiger partial charge in [0, 0.05) is 0 Å². The van der Waals surface area contributed by atoms with Gasteiger partial charge >= 0.3 is 0 Å². The molecule has 2 atom stereocenters. The van der Waals surface area contributed by atoms with Crippen molar-refractivity contribution in [1.29, 1.82) is 0 Å². The third kappa shape index (κ3) is 2.95. The van der Waals surface area contributed by atoms with Crippen LogP contribution in [-0.4, -0.2) is 22.4 Å². The number of allylic oxidation sites excluding steroid dienone is 1. The fraction of sp³-hybridized carbons (Fsp3) is 0.800. The molecule has 0 amide bonds. The number of hydrogen-bond acceptors (Lipinski definition) is 2. The van der Waals surface area contributed by atoms with Gasteiger partial charge in [-0.2, -0.15) is 0 Å². The van der Waals surface area contributed by atoms with Crippen molar-refractivity contribution in [1.82, 2.24) is 0 Å². The fourth-order valence-corrected chi connectivity index (χ4v) is 1.39. The van der Waals surface area contributed by atoms with Crippen LogP contribution in [0.25, 0.3) is 0 Å². The number of aliphatic hydroxyl groups excluding tert-OH is 2. The molecule has 1 saturated carbocycles. The molecule has 0 heterocycles. The SMILES string of the molecule is C=CCCCC(O)C(O)C1CC1. The predicted octanol–water partition coefficient (Wildman–Crippen LogP) is 1.47. The zero-order chi connectivity index (χ0) is 8.97. The van der Waals surface area contributed by atoms with Gasteiger partial charge in [0.05, 0.1) is 12.2 Å². The minimum Gasteiger partial charge on any atom is -0.390 e. The Kier molecular flexibility index (Phi) is 3.76. The lowest BCUT2D eigenvalue weighted by Crippen LogP contribution is -2.27. The molecule has 12 heavy (non-hydrogen) atoms. The van der Waals surface area contributed by atoms with E-state index >= 15 is 0 Å². The number of aliphatic hydroxyl groups is 2. The molecule has 2 unspecified atom stereocenters. The highest BCUT2D eigenvalue weighted by Gasteiger charge is 2.33. The van der Waals surface area contributed by atoms with Crippen molar-refractivity contribution in [2.75, 3.05) is 0 Å². The maximum absolute atomic E-state index is 9.48. The van der Waals surface area contributed by atoms with E-state index in [9.17, 15) is 10.2 Å². The second-order valence-corrected chi connectivity index (χ2v) is 3.61. The van der Waals surface area contributed by atoms with Gasteiger partial charge in [0.1, 0.15) is 0 Å². The van der Waals surface area contributed by atoms with Gasteiger partial charge in [-0.25, -0.2) is 0 Å². The van der Waals surface area contributed by atoms with Gasteiger partial charge in [0.15, 0.2) is 0 Å². The Morgan fingerprint density at radius 1 is 1.42 bits per heavy atom. The van der Waals surface area contributed by atoms with Crippen LogP contribution in [0.4, 0.5) is 0 Å². The molecule has 1 rings (SSSR count). The van der Waals surface area contributed by atoms with Crippen molar-refractivity contribution in [3.8, 4) is 0 Å². The summed E-state index contributed by atoms with van der Waals surface area (Å²) >= 11 is 0. The second-order valence-electron chi connectivity index (χ2n) is 3.61. The summed E-state index contributed by atoms with van der Waals surface area (Å²) in [6.45, 7) is 3.61. The number of rotatable bonds is 6. The van der Waals surface area contributed by atoms with E-state index < -0.39 is 12.2 Å². The first-order chi connectivity index (χ1) is 5.75. The van der Waals surface area contributed by atoms with Crippen LogP contribution in [0.15, 0.2) is 12.7 Å². The quantitative estimate of drug-likeness (QED) is 0.468. The molecule has 2 N–H and O–H groups in total. The molecule has 0 radical (unpaired) electrons. The van der Waals surface area contributed by atoms with Gasteiger partial charge in [-0.3, -0.25) is 0 Å². The molecule has 1 aliphatic rings. The molecule has 0 saturated heterocycles. The summed E-state index contributed by atoms with van der Waals surface area (Å²) in [5.41, 5.74) is 0. The Bertz CT molecular complexity index is 141. The minimum absolute atomic E-state index is 0.378. The van der Waals surface area contributed by atoms with Crippen LogP contribution in [0.3, 0.4) is 0 Å². The standard InChI is InChI=1S/C10H18O2/c1-2-3-4-5-9(11)10(12)8-6-7-8/h2,8-12H,1,3-7H2. The Hall–Kier alpha value is -0.340. The summed E-state index contributed by atoms with van der Waals surface area (Å²) in [7, 11) is 0. The Morgan fingerprint density at radius 2 is 2.08 bits per heavy atom. The van der Waals surface area contributed by atoms with Crippen molar-refractivity contribution < 1.29 is 10.2 Å². The van der Waals surface area contributed by atoms with E-state index in [1.165, 1.54) is 0 Å². The van der Waals surface area contributed by atoms with Crippen LogP contribution >= 0.6 is 0 Å². The molecule has 0 bridgehead atoms. The smallest absolute Gasteiger partial charge is 0.0827 e. The molecule has 2 nitrogen and oxygen atoms in total. The average Bonchev–Trinajstić information content (AvgIpc) is 2.86. The van der Waals surface area contributed by atoms with Gasteiger partial charge in [0.2, 0.25) is 0 Å². The minimum atomic E-state index is -0.516. The molecular weight excluding hydrogens is 152 g/mol. The van der Waals surface area contributed by atoms with E-state index in [1.54, 1.807) is 0 Å². The molecule has 0 aromatic heterocycles. The molecule has 1 fully saturated rings. The highest BCUT2D eigenvalue weighted by molar-refractivity contribution is 4.85. The third-order valence-electron chi connectivity index (χ3n) is 2.41. The molecule has 1 aliphatic carbocycles. The van der Waals surface area contributed by atoms with Crippen LogP contribution in [0.1, 0.15) is 32.1 Å². The number of hydrogen-bond donors (Lipinski definition) is 2. The summed E-state index contributed by atoms with van der Waals surface area (Å²) < 4.78 is 0. The van der Waals surface area contributed by atoms with E-state index in [0.29, 0.717) is 12.3 Å². The maximum Gasteiger partial charge on any atom is 0.0827 e. The molecule has 0 aromatic rings. The highest BCUT2D eigenvalue weighted by atomic mass is 16.3. The van der Waals surface area contributed by atoms with E-state index in [1.807, 2.05) is 6.08 Å². The van der Waals surface area contributed by atoms with Crippen LogP contribution in [0.5, 0.6) is 0 Å². The molecule has 0 spiro atoms. The normalized spacial score (nSPS) is 21.8. The largest absolute Gasteiger partial charge is 0.390 e. The van der Waals surface area contributed by atoms with Gasteiger partial charge < -0.3 is 10.2 Å². The van der Waals surface area contributed by atoms with E-state index in [4.69, 9.17) is 0 Å². The molecule has 2 heteroatoms. The van der Waals surface area contributed by atoms with Gasteiger partial charge in [-0.05, 0) is 38.0 Å². The molecule has 0 aromatic carbocycles. The topological polar surface area (TPSA) is 40.5 Å². The first-order valence-corrected chi connectivity index (χ1v) is 4.72. The monoisotopic (exact) mass is 170 g/mol. The molecule has 70 valence electrons. The lowest BCUT2D eigenvalue weighted by molar-refractivity contribution is 0.000792. The van der Waals surface area contributed by atoms with Crippen LogP contribution in [0, 0.1) is 5.92 Å². The molecular formula is C10H18O2. The zero-order valence-corrected chi connectivity index (χ0v) is 7.45. The van der Waals surface area contributed by atoms with Gasteiger partial charge in [0.25, 0.3) is 0 Å². The zero-order valence-electron chi connectivity index (χ0n) is 7.45.